The molecule has 2 heterocycles. The third-order valence-corrected chi connectivity index (χ3v) is 5.06. The summed E-state index contributed by atoms with van der Waals surface area (Å²) in [7, 11) is 0. The van der Waals surface area contributed by atoms with E-state index in [1.807, 2.05) is 66.7 Å². The van der Waals surface area contributed by atoms with Gasteiger partial charge in [-0.2, -0.15) is 0 Å². The number of fused-ring (bicyclic) bond motifs is 2. The molecule has 0 atom stereocenters. The van der Waals surface area contributed by atoms with Crippen LogP contribution in [0.4, 0.5) is 0 Å². The number of para-hydroxylation sites is 2. The largest absolute Gasteiger partial charge is 0.494 e. The molecular formula is C25H22N4O. The SMILES string of the molecule is CCCCOc1ccc(-n2c(-c3ccccc3)nc3nc4ccccc4nc32)cc1. The average Bonchev–Trinajstić information content (AvgIpc) is 3.17. The van der Waals surface area contributed by atoms with Gasteiger partial charge in [0.05, 0.1) is 17.6 Å². The molecular weight excluding hydrogens is 372 g/mol. The fraction of sp³-hybridized carbons (Fsp3) is 0.160. The Morgan fingerprint density at radius 2 is 1.47 bits per heavy atom. The monoisotopic (exact) mass is 394 g/mol. The first kappa shape index (κ1) is 18.3. The number of hydrogen-bond donors (Lipinski definition) is 0. The number of imidazole rings is 1. The Balaban J connectivity index is 1.67. The maximum Gasteiger partial charge on any atom is 0.199 e. The minimum Gasteiger partial charge on any atom is -0.494 e. The summed E-state index contributed by atoms with van der Waals surface area (Å²) in [5.41, 5.74) is 5.07. The first-order valence-corrected chi connectivity index (χ1v) is 10.3. The van der Waals surface area contributed by atoms with Crippen LogP contribution in [-0.2, 0) is 0 Å². The Labute approximate surface area is 175 Å². The van der Waals surface area contributed by atoms with Crippen molar-refractivity contribution in [2.24, 2.45) is 0 Å². The maximum absolute atomic E-state index is 5.83. The summed E-state index contributed by atoms with van der Waals surface area (Å²) in [5, 5.41) is 0. The van der Waals surface area contributed by atoms with Crippen molar-refractivity contribution in [1.82, 2.24) is 19.5 Å². The van der Waals surface area contributed by atoms with E-state index in [1.165, 1.54) is 0 Å². The normalized spacial score (nSPS) is 11.2. The van der Waals surface area contributed by atoms with Crippen LogP contribution in [0.1, 0.15) is 19.8 Å². The molecule has 30 heavy (non-hydrogen) atoms. The molecule has 3 aromatic carbocycles. The number of hydrogen-bond acceptors (Lipinski definition) is 4. The van der Waals surface area contributed by atoms with Gasteiger partial charge in [-0.1, -0.05) is 55.8 Å². The summed E-state index contributed by atoms with van der Waals surface area (Å²) in [5.74, 6) is 1.69. The summed E-state index contributed by atoms with van der Waals surface area (Å²) in [6.45, 7) is 2.89. The lowest BCUT2D eigenvalue weighted by atomic mass is 10.2. The van der Waals surface area contributed by atoms with Gasteiger partial charge in [0.25, 0.3) is 0 Å². The quantitative estimate of drug-likeness (QED) is 0.341. The summed E-state index contributed by atoms with van der Waals surface area (Å²) in [6.07, 6.45) is 2.17. The smallest absolute Gasteiger partial charge is 0.199 e. The number of rotatable bonds is 6. The van der Waals surface area contributed by atoms with Gasteiger partial charge in [-0.25, -0.2) is 15.0 Å². The summed E-state index contributed by atoms with van der Waals surface area (Å²) < 4.78 is 7.90. The van der Waals surface area contributed by atoms with E-state index in [1.54, 1.807) is 0 Å². The van der Waals surface area contributed by atoms with Gasteiger partial charge in [0, 0.05) is 11.3 Å². The molecule has 5 aromatic rings. The molecule has 2 aromatic heterocycles. The summed E-state index contributed by atoms with van der Waals surface area (Å²) >= 11 is 0. The minimum absolute atomic E-state index is 0.635. The van der Waals surface area contributed by atoms with E-state index in [0.717, 1.165) is 59.0 Å². The first-order valence-electron chi connectivity index (χ1n) is 10.3. The molecule has 5 nitrogen and oxygen atoms in total. The van der Waals surface area contributed by atoms with E-state index < -0.39 is 0 Å². The predicted octanol–water partition coefficient (Wildman–Crippen LogP) is 5.81. The molecule has 0 unspecified atom stereocenters. The molecule has 0 N–H and O–H groups in total. The van der Waals surface area contributed by atoms with E-state index in [4.69, 9.17) is 19.7 Å². The van der Waals surface area contributed by atoms with Crippen molar-refractivity contribution in [2.75, 3.05) is 6.61 Å². The zero-order chi connectivity index (χ0) is 20.3. The highest BCUT2D eigenvalue weighted by Gasteiger charge is 2.17. The number of nitrogens with zero attached hydrogens (tertiary/aromatic N) is 4. The molecule has 0 aliphatic heterocycles. The first-order chi connectivity index (χ1) is 14.8. The Hall–Kier alpha value is -3.73. The molecule has 0 amide bonds. The second kappa shape index (κ2) is 7.95. The highest BCUT2D eigenvalue weighted by molar-refractivity contribution is 5.86. The lowest BCUT2D eigenvalue weighted by Gasteiger charge is -2.11. The maximum atomic E-state index is 5.83. The summed E-state index contributed by atoms with van der Waals surface area (Å²) in [4.78, 5) is 14.5. The second-order valence-electron chi connectivity index (χ2n) is 7.19. The molecule has 0 spiro atoms. The lowest BCUT2D eigenvalue weighted by molar-refractivity contribution is 0.309. The second-order valence-corrected chi connectivity index (χ2v) is 7.19. The molecule has 0 radical (unpaired) electrons. The van der Waals surface area contributed by atoms with Gasteiger partial charge in [-0.05, 0) is 42.8 Å². The molecule has 0 aliphatic carbocycles. The van der Waals surface area contributed by atoms with Gasteiger partial charge in [0.1, 0.15) is 11.6 Å². The predicted molar refractivity (Wildman–Crippen MR) is 120 cm³/mol. The van der Waals surface area contributed by atoms with Gasteiger partial charge in [0.15, 0.2) is 11.3 Å². The number of benzene rings is 3. The molecule has 0 fully saturated rings. The number of ether oxygens (including phenoxy) is 1. The number of aromatic nitrogens is 4. The molecule has 5 heteroatoms. The van der Waals surface area contributed by atoms with Crippen molar-refractivity contribution >= 4 is 22.3 Å². The van der Waals surface area contributed by atoms with E-state index in [2.05, 4.69) is 23.6 Å². The standard InChI is InChI=1S/C25H22N4O/c1-2-3-17-30-20-15-13-19(14-16-20)29-24(18-9-5-4-6-10-18)28-23-25(29)27-22-12-8-7-11-21(22)26-23/h4-16H,2-3,17H2,1H3. The number of unbranched alkanes of at least 4 members (excludes halogenated alkanes) is 1. The van der Waals surface area contributed by atoms with Gasteiger partial charge in [0.2, 0.25) is 0 Å². The lowest BCUT2D eigenvalue weighted by Crippen LogP contribution is -2.00. The van der Waals surface area contributed by atoms with Crippen LogP contribution in [-0.4, -0.2) is 26.1 Å². The molecule has 0 aliphatic rings. The van der Waals surface area contributed by atoms with E-state index >= 15 is 0 Å². The van der Waals surface area contributed by atoms with Crippen LogP contribution < -0.4 is 4.74 Å². The van der Waals surface area contributed by atoms with E-state index in [-0.39, 0.29) is 0 Å². The molecule has 5 rings (SSSR count). The third-order valence-electron chi connectivity index (χ3n) is 5.06. The van der Waals surface area contributed by atoms with Crippen LogP contribution in [0.5, 0.6) is 5.75 Å². The van der Waals surface area contributed by atoms with Crippen LogP contribution in [0.2, 0.25) is 0 Å². The third kappa shape index (κ3) is 3.39. The van der Waals surface area contributed by atoms with E-state index in [9.17, 15) is 0 Å². The zero-order valence-electron chi connectivity index (χ0n) is 16.8. The van der Waals surface area contributed by atoms with Gasteiger partial charge in [-0.3, -0.25) is 4.57 Å². The van der Waals surface area contributed by atoms with Crippen molar-refractivity contribution in [1.29, 1.82) is 0 Å². The highest BCUT2D eigenvalue weighted by Crippen LogP contribution is 2.29. The Morgan fingerprint density at radius 3 is 2.20 bits per heavy atom. The average molecular weight is 394 g/mol. The molecule has 0 saturated heterocycles. The van der Waals surface area contributed by atoms with Crippen molar-refractivity contribution < 1.29 is 4.74 Å². The Bertz CT molecular complexity index is 1290. The Kier molecular flexibility index (Phi) is 4.85. The van der Waals surface area contributed by atoms with Crippen LogP contribution >= 0.6 is 0 Å². The van der Waals surface area contributed by atoms with Crippen LogP contribution in [0.15, 0.2) is 78.9 Å². The van der Waals surface area contributed by atoms with Crippen molar-refractivity contribution in [2.45, 2.75) is 19.8 Å². The van der Waals surface area contributed by atoms with Crippen LogP contribution in [0.25, 0.3) is 39.4 Å². The van der Waals surface area contributed by atoms with Gasteiger partial charge >= 0.3 is 0 Å². The van der Waals surface area contributed by atoms with Crippen molar-refractivity contribution in [3.63, 3.8) is 0 Å². The zero-order valence-corrected chi connectivity index (χ0v) is 16.8. The molecule has 0 bridgehead atoms. The van der Waals surface area contributed by atoms with Crippen molar-refractivity contribution in [3.8, 4) is 22.8 Å². The van der Waals surface area contributed by atoms with Crippen molar-refractivity contribution in [3.05, 3.63) is 78.9 Å². The summed E-state index contributed by atoms with van der Waals surface area (Å²) in [6, 6.07) is 26.1. The fourth-order valence-electron chi connectivity index (χ4n) is 3.51. The van der Waals surface area contributed by atoms with Gasteiger partial charge < -0.3 is 4.74 Å². The van der Waals surface area contributed by atoms with Crippen LogP contribution in [0.3, 0.4) is 0 Å². The highest BCUT2D eigenvalue weighted by atomic mass is 16.5. The molecule has 0 saturated carbocycles. The van der Waals surface area contributed by atoms with E-state index in [0.29, 0.717) is 5.65 Å². The van der Waals surface area contributed by atoms with Crippen LogP contribution in [0, 0.1) is 0 Å². The van der Waals surface area contributed by atoms with Gasteiger partial charge in [-0.15, -0.1) is 0 Å². The molecule has 148 valence electrons. The topological polar surface area (TPSA) is 52.8 Å². The minimum atomic E-state index is 0.635. The fourth-order valence-corrected chi connectivity index (χ4v) is 3.51. The Morgan fingerprint density at radius 1 is 0.767 bits per heavy atom.